The van der Waals surface area contributed by atoms with Crippen LogP contribution in [-0.2, 0) is 6.54 Å². The minimum atomic E-state index is 0.0716. The lowest BCUT2D eigenvalue weighted by Gasteiger charge is -2.55. The quantitative estimate of drug-likeness (QED) is 0.906. The van der Waals surface area contributed by atoms with Gasteiger partial charge in [-0.2, -0.15) is 11.8 Å². The Morgan fingerprint density at radius 2 is 2.20 bits per heavy atom. The second-order valence-corrected chi connectivity index (χ2v) is 7.36. The molecule has 4 heteroatoms. The van der Waals surface area contributed by atoms with Crippen molar-refractivity contribution < 1.29 is 0 Å². The van der Waals surface area contributed by atoms with Crippen LogP contribution in [0.15, 0.2) is 24.4 Å². The monoisotopic (exact) mass is 293 g/mol. The van der Waals surface area contributed by atoms with Crippen LogP contribution in [0.25, 0.3) is 0 Å². The summed E-state index contributed by atoms with van der Waals surface area (Å²) in [6, 6.07) is 6.14. The van der Waals surface area contributed by atoms with Gasteiger partial charge in [-0.25, -0.2) is 0 Å². The second kappa shape index (κ2) is 6.46. The average molecular weight is 293 g/mol. The Balaban J connectivity index is 2.27. The van der Waals surface area contributed by atoms with Crippen LogP contribution >= 0.6 is 11.8 Å². The Bertz CT molecular complexity index is 421. The highest BCUT2D eigenvalue weighted by atomic mass is 32.2. The van der Waals surface area contributed by atoms with Gasteiger partial charge in [0.15, 0.2) is 0 Å². The highest BCUT2D eigenvalue weighted by molar-refractivity contribution is 7.99. The first-order valence-electron chi connectivity index (χ1n) is 7.48. The Kier molecular flexibility index (Phi) is 5.10. The highest BCUT2D eigenvalue weighted by Crippen LogP contribution is 2.45. The van der Waals surface area contributed by atoms with E-state index in [1.165, 1.54) is 12.2 Å². The van der Waals surface area contributed by atoms with Gasteiger partial charge in [0.1, 0.15) is 0 Å². The minimum Gasteiger partial charge on any atom is -0.329 e. The molecule has 0 aliphatic carbocycles. The first-order valence-corrected chi connectivity index (χ1v) is 8.64. The molecule has 0 saturated carbocycles. The molecule has 1 aromatic heterocycles. The summed E-state index contributed by atoms with van der Waals surface area (Å²) in [4.78, 5) is 7.03. The number of aromatic nitrogens is 1. The van der Waals surface area contributed by atoms with Gasteiger partial charge in [-0.05, 0) is 36.3 Å². The molecule has 1 aromatic rings. The second-order valence-electron chi connectivity index (χ2n) is 6.26. The summed E-state index contributed by atoms with van der Waals surface area (Å²) < 4.78 is 0. The zero-order valence-electron chi connectivity index (χ0n) is 12.9. The summed E-state index contributed by atoms with van der Waals surface area (Å²) >= 11 is 2.04. The predicted octanol–water partition coefficient (Wildman–Crippen LogP) is 2.76. The van der Waals surface area contributed by atoms with E-state index in [1.807, 2.05) is 24.0 Å². The number of nitrogens with zero attached hydrogens (tertiary/aromatic N) is 2. The molecule has 112 valence electrons. The number of likely N-dealkylation sites (N-methyl/N-ethyl adjacent to an activating group) is 1. The van der Waals surface area contributed by atoms with Gasteiger partial charge in [0.2, 0.25) is 0 Å². The lowest BCUT2D eigenvalue weighted by atomic mass is 9.69. The molecule has 20 heavy (non-hydrogen) atoms. The Morgan fingerprint density at radius 3 is 2.75 bits per heavy atom. The van der Waals surface area contributed by atoms with Gasteiger partial charge in [0.05, 0.1) is 5.69 Å². The average Bonchev–Trinajstić information content (AvgIpc) is 2.46. The summed E-state index contributed by atoms with van der Waals surface area (Å²) in [6.07, 6.45) is 3.10. The molecule has 0 aromatic carbocycles. The van der Waals surface area contributed by atoms with Gasteiger partial charge in [0.25, 0.3) is 0 Å². The van der Waals surface area contributed by atoms with Crippen LogP contribution in [0, 0.1) is 5.41 Å². The van der Waals surface area contributed by atoms with Crippen molar-refractivity contribution in [1.29, 1.82) is 0 Å². The molecule has 2 N–H and O–H groups in total. The van der Waals surface area contributed by atoms with E-state index in [4.69, 9.17) is 5.73 Å². The van der Waals surface area contributed by atoms with E-state index in [9.17, 15) is 0 Å². The number of thioether (sulfide) groups is 1. The number of pyridine rings is 1. The summed E-state index contributed by atoms with van der Waals surface area (Å²) in [6.45, 7) is 9.60. The summed E-state index contributed by atoms with van der Waals surface area (Å²) in [5.41, 5.74) is 7.72. The first kappa shape index (κ1) is 15.8. The minimum absolute atomic E-state index is 0.0716. The van der Waals surface area contributed by atoms with Crippen molar-refractivity contribution in [3.8, 4) is 0 Å². The van der Waals surface area contributed by atoms with E-state index < -0.39 is 0 Å². The largest absolute Gasteiger partial charge is 0.329 e. The molecule has 1 aliphatic heterocycles. The predicted molar refractivity (Wildman–Crippen MR) is 87.8 cm³/mol. The molecular weight excluding hydrogens is 266 g/mol. The summed E-state index contributed by atoms with van der Waals surface area (Å²) in [5.74, 6) is 2.37. The van der Waals surface area contributed by atoms with Crippen molar-refractivity contribution >= 4 is 11.8 Å². The zero-order valence-corrected chi connectivity index (χ0v) is 13.7. The number of nitrogens with two attached hydrogens (primary N) is 1. The van der Waals surface area contributed by atoms with E-state index in [0.29, 0.717) is 6.54 Å². The van der Waals surface area contributed by atoms with Crippen molar-refractivity contribution in [2.24, 2.45) is 11.1 Å². The highest BCUT2D eigenvalue weighted by Gasteiger charge is 2.49. The first-order chi connectivity index (χ1) is 9.55. The molecule has 2 heterocycles. The van der Waals surface area contributed by atoms with Crippen LogP contribution in [0.1, 0.15) is 32.9 Å². The van der Waals surface area contributed by atoms with Gasteiger partial charge in [-0.15, -0.1) is 0 Å². The van der Waals surface area contributed by atoms with Crippen molar-refractivity contribution in [2.45, 2.75) is 39.3 Å². The van der Waals surface area contributed by atoms with Crippen molar-refractivity contribution in [3.05, 3.63) is 30.1 Å². The third-order valence-corrected chi connectivity index (χ3v) is 6.05. The van der Waals surface area contributed by atoms with Crippen LogP contribution < -0.4 is 5.73 Å². The van der Waals surface area contributed by atoms with Crippen LogP contribution in [0.5, 0.6) is 0 Å². The number of hydrogen-bond donors (Lipinski definition) is 1. The van der Waals surface area contributed by atoms with Gasteiger partial charge in [-0.1, -0.05) is 26.8 Å². The van der Waals surface area contributed by atoms with Crippen molar-refractivity contribution in [3.63, 3.8) is 0 Å². The maximum absolute atomic E-state index is 6.27. The van der Waals surface area contributed by atoms with Crippen LogP contribution in [0.4, 0.5) is 0 Å². The standard InChI is InChI=1S/C16H27N3S/c1-4-19(11-14-7-5-6-9-18-14)16(12-17)13-20-10-8-15(16,2)3/h5-7,9H,4,8,10-13,17H2,1-3H3. The van der Waals surface area contributed by atoms with Crippen LogP contribution in [-0.4, -0.2) is 40.0 Å². The van der Waals surface area contributed by atoms with Gasteiger partial charge in [-0.3, -0.25) is 9.88 Å². The fourth-order valence-corrected chi connectivity index (χ4v) is 5.06. The van der Waals surface area contributed by atoms with E-state index in [-0.39, 0.29) is 11.0 Å². The molecule has 0 radical (unpaired) electrons. The molecule has 0 spiro atoms. The topological polar surface area (TPSA) is 42.2 Å². The molecular formula is C16H27N3S. The molecule has 1 saturated heterocycles. The zero-order chi connectivity index (χ0) is 14.6. The van der Waals surface area contributed by atoms with E-state index >= 15 is 0 Å². The van der Waals surface area contributed by atoms with Crippen molar-refractivity contribution in [1.82, 2.24) is 9.88 Å². The number of hydrogen-bond acceptors (Lipinski definition) is 4. The molecule has 0 amide bonds. The van der Waals surface area contributed by atoms with E-state index in [1.54, 1.807) is 0 Å². The lowest BCUT2D eigenvalue weighted by molar-refractivity contribution is -0.00194. The normalized spacial score (nSPS) is 25.9. The summed E-state index contributed by atoms with van der Waals surface area (Å²) in [7, 11) is 0. The number of rotatable bonds is 5. The van der Waals surface area contributed by atoms with Gasteiger partial charge < -0.3 is 5.73 Å². The molecule has 1 aliphatic rings. The molecule has 1 unspecified atom stereocenters. The molecule has 0 bridgehead atoms. The SMILES string of the molecule is CCN(Cc1ccccn1)C1(CN)CSCCC1(C)C. The fraction of sp³-hybridized carbons (Fsp3) is 0.688. The smallest absolute Gasteiger partial charge is 0.0544 e. The van der Waals surface area contributed by atoms with Gasteiger partial charge in [0, 0.05) is 30.6 Å². The molecule has 1 fully saturated rings. The summed E-state index contributed by atoms with van der Waals surface area (Å²) in [5, 5.41) is 0. The Morgan fingerprint density at radius 1 is 1.40 bits per heavy atom. The van der Waals surface area contributed by atoms with Gasteiger partial charge >= 0.3 is 0 Å². The van der Waals surface area contributed by atoms with E-state index in [0.717, 1.165) is 24.5 Å². The Hall–Kier alpha value is -0.580. The van der Waals surface area contributed by atoms with Crippen molar-refractivity contribution in [2.75, 3.05) is 24.6 Å². The maximum atomic E-state index is 6.27. The molecule has 1 atom stereocenters. The lowest BCUT2D eigenvalue weighted by Crippen LogP contribution is -2.65. The van der Waals surface area contributed by atoms with Crippen LogP contribution in [0.2, 0.25) is 0 Å². The fourth-order valence-electron chi connectivity index (χ4n) is 3.23. The third-order valence-electron chi connectivity index (χ3n) is 4.88. The van der Waals surface area contributed by atoms with E-state index in [2.05, 4.69) is 42.8 Å². The Labute approximate surface area is 127 Å². The third kappa shape index (κ3) is 2.87. The molecule has 3 nitrogen and oxygen atoms in total. The molecule has 2 rings (SSSR count). The maximum Gasteiger partial charge on any atom is 0.0544 e. The van der Waals surface area contributed by atoms with Crippen LogP contribution in [0.3, 0.4) is 0 Å².